The SMILES string of the molecule is CC[C@H](C)[C@@H](C(=O)O)N(C)C(C)=O. The van der Waals surface area contributed by atoms with Crippen LogP contribution >= 0.6 is 0 Å². The highest BCUT2D eigenvalue weighted by Crippen LogP contribution is 2.13. The summed E-state index contributed by atoms with van der Waals surface area (Å²) in [4.78, 5) is 23.1. The molecule has 0 heterocycles. The predicted octanol–water partition coefficient (Wildman–Crippen LogP) is 0.964. The van der Waals surface area contributed by atoms with E-state index in [-0.39, 0.29) is 11.8 Å². The number of carbonyl (C=O) groups excluding carboxylic acids is 1. The topological polar surface area (TPSA) is 57.6 Å². The molecule has 4 heteroatoms. The summed E-state index contributed by atoms with van der Waals surface area (Å²) in [5.41, 5.74) is 0. The molecular formula is C9H17NO3. The Kier molecular flexibility index (Phi) is 4.45. The van der Waals surface area contributed by atoms with Gasteiger partial charge in [-0.25, -0.2) is 4.79 Å². The molecule has 1 N–H and O–H groups in total. The van der Waals surface area contributed by atoms with Gasteiger partial charge in [-0.05, 0) is 5.92 Å². The van der Waals surface area contributed by atoms with Crippen LogP contribution in [0.25, 0.3) is 0 Å². The number of hydrogen-bond acceptors (Lipinski definition) is 2. The molecule has 4 nitrogen and oxygen atoms in total. The van der Waals surface area contributed by atoms with Crippen molar-refractivity contribution in [1.82, 2.24) is 4.90 Å². The summed E-state index contributed by atoms with van der Waals surface area (Å²) in [6.07, 6.45) is 0.745. The van der Waals surface area contributed by atoms with Crippen LogP contribution in [0.3, 0.4) is 0 Å². The van der Waals surface area contributed by atoms with Crippen molar-refractivity contribution in [2.24, 2.45) is 5.92 Å². The molecule has 0 aromatic heterocycles. The molecule has 0 rings (SSSR count). The summed E-state index contributed by atoms with van der Waals surface area (Å²) in [5.74, 6) is -1.17. The third kappa shape index (κ3) is 3.05. The Morgan fingerprint density at radius 3 is 2.15 bits per heavy atom. The molecule has 0 bridgehead atoms. The first kappa shape index (κ1) is 11.9. The second-order valence-corrected chi connectivity index (χ2v) is 3.30. The van der Waals surface area contributed by atoms with Crippen molar-refractivity contribution < 1.29 is 14.7 Å². The van der Waals surface area contributed by atoms with Crippen molar-refractivity contribution in [3.05, 3.63) is 0 Å². The van der Waals surface area contributed by atoms with Crippen LogP contribution < -0.4 is 0 Å². The van der Waals surface area contributed by atoms with Gasteiger partial charge in [0.1, 0.15) is 6.04 Å². The molecule has 0 fully saturated rings. The lowest BCUT2D eigenvalue weighted by atomic mass is 9.98. The normalized spacial score (nSPS) is 14.8. The van der Waals surface area contributed by atoms with E-state index in [1.54, 1.807) is 0 Å². The van der Waals surface area contributed by atoms with Gasteiger partial charge in [0.15, 0.2) is 0 Å². The monoisotopic (exact) mass is 187 g/mol. The number of carboxylic acids is 1. The lowest BCUT2D eigenvalue weighted by Crippen LogP contribution is -2.45. The van der Waals surface area contributed by atoms with Gasteiger partial charge in [-0.2, -0.15) is 0 Å². The molecule has 0 unspecified atom stereocenters. The fourth-order valence-electron chi connectivity index (χ4n) is 1.21. The average Bonchev–Trinajstić information content (AvgIpc) is 2.03. The van der Waals surface area contributed by atoms with Crippen LogP contribution in [0.4, 0.5) is 0 Å². The Morgan fingerprint density at radius 2 is 1.92 bits per heavy atom. The van der Waals surface area contributed by atoms with E-state index >= 15 is 0 Å². The van der Waals surface area contributed by atoms with Crippen LogP contribution in [0.2, 0.25) is 0 Å². The maximum Gasteiger partial charge on any atom is 0.326 e. The zero-order valence-electron chi connectivity index (χ0n) is 8.57. The molecule has 0 spiro atoms. The van der Waals surface area contributed by atoms with Crippen molar-refractivity contribution in [1.29, 1.82) is 0 Å². The molecule has 76 valence electrons. The first-order valence-electron chi connectivity index (χ1n) is 4.38. The minimum absolute atomic E-state index is 0.0219. The second-order valence-electron chi connectivity index (χ2n) is 3.30. The Labute approximate surface area is 78.5 Å². The number of carboxylic acid groups (broad SMARTS) is 1. The van der Waals surface area contributed by atoms with Crippen molar-refractivity contribution in [2.75, 3.05) is 7.05 Å². The molecule has 0 aliphatic heterocycles. The lowest BCUT2D eigenvalue weighted by Gasteiger charge is -2.27. The van der Waals surface area contributed by atoms with Gasteiger partial charge in [-0.3, -0.25) is 4.79 Å². The number of amides is 1. The van der Waals surface area contributed by atoms with Crippen molar-refractivity contribution in [3.8, 4) is 0 Å². The maximum absolute atomic E-state index is 11.0. The third-order valence-electron chi connectivity index (χ3n) is 2.35. The number of aliphatic carboxylic acids is 1. The number of rotatable bonds is 4. The van der Waals surface area contributed by atoms with Gasteiger partial charge in [-0.15, -0.1) is 0 Å². The van der Waals surface area contributed by atoms with Gasteiger partial charge in [-0.1, -0.05) is 20.3 Å². The quantitative estimate of drug-likeness (QED) is 0.713. The van der Waals surface area contributed by atoms with E-state index in [1.807, 2.05) is 13.8 Å². The minimum Gasteiger partial charge on any atom is -0.480 e. The molecule has 13 heavy (non-hydrogen) atoms. The fraction of sp³-hybridized carbons (Fsp3) is 0.778. The molecular weight excluding hydrogens is 170 g/mol. The molecule has 2 atom stereocenters. The first-order chi connectivity index (χ1) is 5.91. The van der Waals surface area contributed by atoms with E-state index in [0.29, 0.717) is 0 Å². The number of carbonyl (C=O) groups is 2. The average molecular weight is 187 g/mol. The van der Waals surface area contributed by atoms with E-state index in [9.17, 15) is 9.59 Å². The highest BCUT2D eigenvalue weighted by molar-refractivity contribution is 5.82. The van der Waals surface area contributed by atoms with Gasteiger partial charge < -0.3 is 10.0 Å². The van der Waals surface area contributed by atoms with Crippen molar-refractivity contribution in [2.45, 2.75) is 33.2 Å². The van der Waals surface area contributed by atoms with Gasteiger partial charge in [0.2, 0.25) is 5.91 Å². The number of likely N-dealkylation sites (N-methyl/N-ethyl adjacent to an activating group) is 1. The summed E-state index contributed by atoms with van der Waals surface area (Å²) in [6, 6.07) is -0.706. The molecule has 1 amide bonds. The first-order valence-corrected chi connectivity index (χ1v) is 4.38. The summed E-state index contributed by atoms with van der Waals surface area (Å²) in [5, 5.41) is 8.90. The van der Waals surface area contributed by atoms with Crippen LogP contribution in [0.1, 0.15) is 27.2 Å². The molecule has 0 aliphatic carbocycles. The second kappa shape index (κ2) is 4.84. The van der Waals surface area contributed by atoms with Crippen LogP contribution in [0, 0.1) is 5.92 Å². The maximum atomic E-state index is 11.0. The van der Waals surface area contributed by atoms with Crippen LogP contribution in [0.5, 0.6) is 0 Å². The minimum atomic E-state index is -0.938. The van der Waals surface area contributed by atoms with E-state index in [4.69, 9.17) is 5.11 Å². The van der Waals surface area contributed by atoms with Gasteiger partial charge in [0.25, 0.3) is 0 Å². The van der Waals surface area contributed by atoms with E-state index in [1.165, 1.54) is 18.9 Å². The summed E-state index contributed by atoms with van der Waals surface area (Å²) < 4.78 is 0. The number of nitrogens with zero attached hydrogens (tertiary/aromatic N) is 1. The highest BCUT2D eigenvalue weighted by Gasteiger charge is 2.28. The van der Waals surface area contributed by atoms with Crippen LogP contribution in [-0.4, -0.2) is 35.0 Å². The lowest BCUT2D eigenvalue weighted by molar-refractivity contribution is -0.150. The van der Waals surface area contributed by atoms with Gasteiger partial charge >= 0.3 is 5.97 Å². The van der Waals surface area contributed by atoms with Crippen molar-refractivity contribution >= 4 is 11.9 Å². The summed E-state index contributed by atoms with van der Waals surface area (Å²) >= 11 is 0. The fourth-order valence-corrected chi connectivity index (χ4v) is 1.21. The zero-order chi connectivity index (χ0) is 10.6. The summed E-state index contributed by atoms with van der Waals surface area (Å²) in [7, 11) is 1.52. The Morgan fingerprint density at radius 1 is 1.46 bits per heavy atom. The van der Waals surface area contributed by atoms with E-state index in [2.05, 4.69) is 0 Å². The van der Waals surface area contributed by atoms with E-state index < -0.39 is 12.0 Å². The molecule has 0 radical (unpaired) electrons. The molecule has 0 saturated heterocycles. The predicted molar refractivity (Wildman–Crippen MR) is 49.3 cm³/mol. The highest BCUT2D eigenvalue weighted by atomic mass is 16.4. The van der Waals surface area contributed by atoms with E-state index in [0.717, 1.165) is 6.42 Å². The van der Waals surface area contributed by atoms with Crippen LogP contribution in [0.15, 0.2) is 0 Å². The molecule has 0 aromatic rings. The smallest absolute Gasteiger partial charge is 0.326 e. The number of hydrogen-bond donors (Lipinski definition) is 1. The molecule has 0 aromatic carbocycles. The molecule has 0 saturated carbocycles. The Hall–Kier alpha value is -1.06. The summed E-state index contributed by atoms with van der Waals surface area (Å²) in [6.45, 7) is 5.12. The van der Waals surface area contributed by atoms with Crippen LogP contribution in [-0.2, 0) is 9.59 Å². The standard InChI is InChI=1S/C9H17NO3/c1-5-6(2)8(9(12)13)10(4)7(3)11/h6,8H,5H2,1-4H3,(H,12,13)/t6-,8-/m0/s1. The largest absolute Gasteiger partial charge is 0.480 e. The third-order valence-corrected chi connectivity index (χ3v) is 2.35. The zero-order valence-corrected chi connectivity index (χ0v) is 8.57. The van der Waals surface area contributed by atoms with Gasteiger partial charge in [0, 0.05) is 14.0 Å². The van der Waals surface area contributed by atoms with Gasteiger partial charge in [0.05, 0.1) is 0 Å². The molecule has 0 aliphatic rings. The Bertz CT molecular complexity index is 203. The Balaban J connectivity index is 4.60. The van der Waals surface area contributed by atoms with Crippen molar-refractivity contribution in [3.63, 3.8) is 0 Å².